The van der Waals surface area contributed by atoms with Crippen LogP contribution in [0, 0.1) is 0 Å². The molecular weight excluding hydrogens is 378 g/mol. The Bertz CT molecular complexity index is 592. The lowest BCUT2D eigenvalue weighted by Crippen LogP contribution is -2.66. The summed E-state index contributed by atoms with van der Waals surface area (Å²) in [5.41, 5.74) is 0. The van der Waals surface area contributed by atoms with E-state index in [9.17, 15) is 19.2 Å². The van der Waals surface area contributed by atoms with Crippen molar-refractivity contribution in [3.63, 3.8) is 0 Å². The van der Waals surface area contributed by atoms with Gasteiger partial charge in [0.2, 0.25) is 0 Å². The monoisotopic (exact) mass is 403 g/mol. The van der Waals surface area contributed by atoms with Gasteiger partial charge in [-0.3, -0.25) is 14.4 Å². The summed E-state index contributed by atoms with van der Waals surface area (Å²) < 4.78 is 31.2. The van der Waals surface area contributed by atoms with E-state index >= 15 is 0 Å². The number of amides is 1. The van der Waals surface area contributed by atoms with Gasteiger partial charge in [-0.25, -0.2) is 4.79 Å². The predicted octanol–water partition coefficient (Wildman–Crippen LogP) is 0.0650. The number of rotatable bonds is 8. The lowest BCUT2D eigenvalue weighted by molar-refractivity contribution is -0.271. The number of nitrogens with one attached hydrogen (secondary N) is 1. The molecular formula is C17H25NO10. The molecule has 0 unspecified atom stereocenters. The molecule has 0 spiro atoms. The summed E-state index contributed by atoms with van der Waals surface area (Å²) in [6, 6.07) is -1.08. The van der Waals surface area contributed by atoms with E-state index < -0.39 is 54.6 Å². The van der Waals surface area contributed by atoms with Crippen molar-refractivity contribution >= 4 is 24.0 Å². The average Bonchev–Trinajstić information content (AvgIpc) is 2.60. The molecule has 5 atom stereocenters. The second-order valence-electron chi connectivity index (χ2n) is 5.79. The Labute approximate surface area is 162 Å². The molecule has 11 nitrogen and oxygen atoms in total. The molecule has 0 aliphatic carbocycles. The SMILES string of the molecule is C=CCOC(=O)N[C@H]1[C@H](OC)O[C@H](COC(C)=O)[C@@H](OC(C)=O)[C@@H]1OC(C)=O. The summed E-state index contributed by atoms with van der Waals surface area (Å²) in [7, 11) is 1.30. The van der Waals surface area contributed by atoms with Crippen LogP contribution < -0.4 is 5.32 Å². The fourth-order valence-electron chi connectivity index (χ4n) is 2.57. The topological polar surface area (TPSA) is 136 Å². The first-order valence-corrected chi connectivity index (χ1v) is 8.39. The molecule has 0 saturated carbocycles. The predicted molar refractivity (Wildman–Crippen MR) is 91.9 cm³/mol. The molecule has 0 radical (unpaired) electrons. The van der Waals surface area contributed by atoms with Crippen LogP contribution in [0.1, 0.15) is 20.8 Å². The number of carbonyl (C=O) groups is 4. The van der Waals surface area contributed by atoms with E-state index in [4.69, 9.17) is 28.4 Å². The van der Waals surface area contributed by atoms with Crippen molar-refractivity contribution in [2.45, 2.75) is 51.4 Å². The molecule has 0 aromatic rings. The van der Waals surface area contributed by atoms with Crippen LogP contribution in [0.15, 0.2) is 12.7 Å². The number of hydrogen-bond acceptors (Lipinski definition) is 10. The molecule has 1 aliphatic heterocycles. The highest BCUT2D eigenvalue weighted by atomic mass is 16.7. The first-order valence-electron chi connectivity index (χ1n) is 8.39. The fraction of sp³-hybridized carbons (Fsp3) is 0.647. The summed E-state index contributed by atoms with van der Waals surface area (Å²) in [5.74, 6) is -1.98. The van der Waals surface area contributed by atoms with Gasteiger partial charge in [-0.05, 0) is 0 Å². The second kappa shape index (κ2) is 11.2. The summed E-state index contributed by atoms with van der Waals surface area (Å²) in [5, 5.41) is 2.46. The lowest BCUT2D eigenvalue weighted by Gasteiger charge is -2.44. The van der Waals surface area contributed by atoms with Crippen LogP contribution >= 0.6 is 0 Å². The first kappa shape index (κ1) is 23.4. The Hall–Kier alpha value is -2.66. The largest absolute Gasteiger partial charge is 0.463 e. The van der Waals surface area contributed by atoms with Gasteiger partial charge in [-0.15, -0.1) is 0 Å². The van der Waals surface area contributed by atoms with Gasteiger partial charge in [-0.2, -0.15) is 0 Å². The summed E-state index contributed by atoms with van der Waals surface area (Å²) >= 11 is 0. The molecule has 0 aromatic heterocycles. The van der Waals surface area contributed by atoms with Crippen LogP contribution in [0.25, 0.3) is 0 Å². The van der Waals surface area contributed by atoms with E-state index in [1.165, 1.54) is 20.1 Å². The average molecular weight is 403 g/mol. The lowest BCUT2D eigenvalue weighted by atomic mass is 9.96. The molecule has 1 heterocycles. The second-order valence-corrected chi connectivity index (χ2v) is 5.79. The maximum Gasteiger partial charge on any atom is 0.407 e. The van der Waals surface area contributed by atoms with Crippen molar-refractivity contribution in [1.29, 1.82) is 0 Å². The standard InChI is InChI=1S/C17H25NO10/c1-6-7-24-17(22)18-13-15(27-11(4)21)14(26-10(3)20)12(8-25-9(2)19)28-16(13)23-5/h6,12-16H,1,7-8H2,2-5H3,(H,18,22)/t12-,13-,14-,15-,16-/m1/s1. The molecule has 28 heavy (non-hydrogen) atoms. The molecule has 0 aromatic carbocycles. The van der Waals surface area contributed by atoms with Crippen LogP contribution in [-0.4, -0.2) is 75.0 Å². The molecule has 158 valence electrons. The van der Waals surface area contributed by atoms with E-state index in [1.807, 2.05) is 0 Å². The van der Waals surface area contributed by atoms with Crippen molar-refractivity contribution in [2.75, 3.05) is 20.3 Å². The van der Waals surface area contributed by atoms with Gasteiger partial charge < -0.3 is 33.7 Å². The number of methoxy groups -OCH3 is 1. The van der Waals surface area contributed by atoms with E-state index in [-0.39, 0.29) is 13.2 Å². The van der Waals surface area contributed by atoms with Gasteiger partial charge in [0.1, 0.15) is 25.4 Å². The number of carbonyl (C=O) groups excluding carboxylic acids is 4. The third-order valence-corrected chi connectivity index (χ3v) is 3.55. The van der Waals surface area contributed by atoms with Crippen LogP contribution in [-0.2, 0) is 42.8 Å². The van der Waals surface area contributed by atoms with Gasteiger partial charge in [-0.1, -0.05) is 12.7 Å². The fourth-order valence-corrected chi connectivity index (χ4v) is 2.57. The number of ether oxygens (including phenoxy) is 6. The Morgan fingerprint density at radius 2 is 1.61 bits per heavy atom. The third kappa shape index (κ3) is 7.16. The zero-order valence-corrected chi connectivity index (χ0v) is 16.2. The van der Waals surface area contributed by atoms with Gasteiger partial charge in [0, 0.05) is 27.9 Å². The Morgan fingerprint density at radius 1 is 1.00 bits per heavy atom. The Balaban J connectivity index is 3.17. The summed E-state index contributed by atoms with van der Waals surface area (Å²) in [4.78, 5) is 46.3. The molecule has 1 fully saturated rings. The van der Waals surface area contributed by atoms with Crippen molar-refractivity contribution in [2.24, 2.45) is 0 Å². The number of esters is 3. The van der Waals surface area contributed by atoms with E-state index in [0.29, 0.717) is 0 Å². The maximum atomic E-state index is 12.0. The third-order valence-electron chi connectivity index (χ3n) is 3.55. The van der Waals surface area contributed by atoms with E-state index in [2.05, 4.69) is 11.9 Å². The quantitative estimate of drug-likeness (QED) is 0.337. The highest BCUT2D eigenvalue weighted by molar-refractivity contribution is 5.69. The normalized spacial score (nSPS) is 26.5. The molecule has 1 aliphatic rings. The van der Waals surface area contributed by atoms with Crippen LogP contribution in [0.2, 0.25) is 0 Å². The molecule has 1 saturated heterocycles. The van der Waals surface area contributed by atoms with Crippen molar-refractivity contribution < 1.29 is 47.6 Å². The molecule has 11 heteroatoms. The molecule has 0 bridgehead atoms. The first-order chi connectivity index (χ1) is 13.2. The number of alkyl carbamates (subject to hydrolysis) is 1. The van der Waals surface area contributed by atoms with E-state index in [1.54, 1.807) is 0 Å². The van der Waals surface area contributed by atoms with Gasteiger partial charge in [0.25, 0.3) is 0 Å². The van der Waals surface area contributed by atoms with Gasteiger partial charge in [0.05, 0.1) is 0 Å². The molecule has 1 N–H and O–H groups in total. The van der Waals surface area contributed by atoms with Crippen LogP contribution in [0.5, 0.6) is 0 Å². The summed E-state index contributed by atoms with van der Waals surface area (Å²) in [6.07, 6.45) is -4.00. The van der Waals surface area contributed by atoms with Crippen molar-refractivity contribution in [3.8, 4) is 0 Å². The number of hydrogen-bond donors (Lipinski definition) is 1. The summed E-state index contributed by atoms with van der Waals surface area (Å²) in [6.45, 7) is 6.57. The smallest absolute Gasteiger partial charge is 0.407 e. The minimum absolute atomic E-state index is 0.0578. The Kier molecular flexibility index (Phi) is 9.39. The van der Waals surface area contributed by atoms with Crippen molar-refractivity contribution in [3.05, 3.63) is 12.7 Å². The van der Waals surface area contributed by atoms with Gasteiger partial charge >= 0.3 is 24.0 Å². The molecule has 1 rings (SSSR count). The highest BCUT2D eigenvalue weighted by Gasteiger charge is 2.51. The highest BCUT2D eigenvalue weighted by Crippen LogP contribution is 2.27. The van der Waals surface area contributed by atoms with E-state index in [0.717, 1.165) is 13.8 Å². The minimum Gasteiger partial charge on any atom is -0.463 e. The maximum absolute atomic E-state index is 12.0. The zero-order valence-electron chi connectivity index (χ0n) is 16.2. The zero-order chi connectivity index (χ0) is 21.3. The molecule has 1 amide bonds. The van der Waals surface area contributed by atoms with Gasteiger partial charge in [0.15, 0.2) is 18.5 Å². The van der Waals surface area contributed by atoms with Crippen LogP contribution in [0.3, 0.4) is 0 Å². The van der Waals surface area contributed by atoms with Crippen LogP contribution in [0.4, 0.5) is 4.79 Å². The Morgan fingerprint density at radius 3 is 2.11 bits per heavy atom. The van der Waals surface area contributed by atoms with Crippen molar-refractivity contribution in [1.82, 2.24) is 5.32 Å². The minimum atomic E-state index is -1.20.